The van der Waals surface area contributed by atoms with Crippen LogP contribution in [0.4, 0.5) is 0 Å². The monoisotopic (exact) mass is 398 g/mol. The molecule has 1 saturated carbocycles. The highest BCUT2D eigenvalue weighted by Crippen LogP contribution is 2.48. The van der Waals surface area contributed by atoms with Crippen molar-refractivity contribution >= 4 is 11.8 Å². The summed E-state index contributed by atoms with van der Waals surface area (Å²) in [7, 11) is 0. The number of aliphatic hydroxyl groups excluding tert-OH is 1. The van der Waals surface area contributed by atoms with Crippen LogP contribution in [0.15, 0.2) is 34.2 Å². The fraction of sp³-hybridized carbons (Fsp3) is 0.565. The summed E-state index contributed by atoms with van der Waals surface area (Å²) in [4.78, 5) is 18.9. The zero-order valence-corrected chi connectivity index (χ0v) is 17.7. The van der Waals surface area contributed by atoms with E-state index in [0.29, 0.717) is 18.2 Å². The molecule has 2 aromatic rings. The normalized spacial score (nSPS) is 17.6. The Morgan fingerprint density at radius 1 is 1.21 bits per heavy atom. The van der Waals surface area contributed by atoms with Crippen LogP contribution in [-0.2, 0) is 18.4 Å². The molecule has 28 heavy (non-hydrogen) atoms. The van der Waals surface area contributed by atoms with Crippen LogP contribution < -0.4 is 5.56 Å². The van der Waals surface area contributed by atoms with Crippen molar-refractivity contribution in [2.75, 3.05) is 12.4 Å². The molecule has 150 valence electrons. The van der Waals surface area contributed by atoms with Gasteiger partial charge in [-0.1, -0.05) is 69.1 Å². The van der Waals surface area contributed by atoms with Gasteiger partial charge < -0.3 is 5.11 Å². The van der Waals surface area contributed by atoms with E-state index in [1.807, 2.05) is 10.6 Å². The molecule has 4 rings (SSSR count). The van der Waals surface area contributed by atoms with Gasteiger partial charge in [-0.2, -0.15) is 0 Å². The van der Waals surface area contributed by atoms with Gasteiger partial charge >= 0.3 is 0 Å². The van der Waals surface area contributed by atoms with Gasteiger partial charge in [0.1, 0.15) is 0 Å². The molecule has 1 aromatic heterocycles. The van der Waals surface area contributed by atoms with E-state index in [9.17, 15) is 9.90 Å². The Morgan fingerprint density at radius 3 is 2.68 bits per heavy atom. The van der Waals surface area contributed by atoms with Crippen molar-refractivity contribution < 1.29 is 5.11 Å². The molecule has 1 heterocycles. The Bertz CT molecular complexity index is 913. The first-order chi connectivity index (χ1) is 13.6. The second-order valence-corrected chi connectivity index (χ2v) is 9.74. The van der Waals surface area contributed by atoms with Crippen molar-refractivity contribution in [3.8, 4) is 11.3 Å². The lowest BCUT2D eigenvalue weighted by Crippen LogP contribution is -2.43. The van der Waals surface area contributed by atoms with Crippen LogP contribution in [0, 0.1) is 5.92 Å². The number of aromatic nitrogens is 2. The maximum Gasteiger partial charge on any atom is 0.258 e. The maximum atomic E-state index is 13.9. The van der Waals surface area contributed by atoms with Crippen molar-refractivity contribution in [1.82, 2.24) is 9.55 Å². The number of thioether (sulfide) groups is 1. The zero-order chi connectivity index (χ0) is 19.7. The third-order valence-electron chi connectivity index (χ3n) is 6.15. The van der Waals surface area contributed by atoms with Gasteiger partial charge in [0.15, 0.2) is 5.16 Å². The van der Waals surface area contributed by atoms with Gasteiger partial charge in [0.25, 0.3) is 5.56 Å². The maximum absolute atomic E-state index is 13.9. The Hall–Kier alpha value is -1.59. The zero-order valence-electron chi connectivity index (χ0n) is 16.9. The molecule has 0 unspecified atom stereocenters. The van der Waals surface area contributed by atoms with Gasteiger partial charge in [-0.05, 0) is 30.7 Å². The first-order valence-corrected chi connectivity index (χ1v) is 11.5. The predicted octanol–water partition coefficient (Wildman–Crippen LogP) is 4.41. The van der Waals surface area contributed by atoms with Gasteiger partial charge in [-0.15, -0.1) is 0 Å². The standard InChI is InChI=1S/C23H30N2O2S/c1-16(2)15-25-21(27)19-20(24-22(25)28-13-12-26)18-9-5-4-8-17(18)14-23(19)10-6-3-7-11-23/h4-5,8-9,16,26H,3,6-7,10-15H2,1-2H3. The third-order valence-corrected chi connectivity index (χ3v) is 7.10. The first-order valence-electron chi connectivity index (χ1n) is 10.5. The van der Waals surface area contributed by atoms with E-state index < -0.39 is 0 Å². The average Bonchev–Trinajstić information content (AvgIpc) is 2.69. The number of hydrogen-bond acceptors (Lipinski definition) is 4. The summed E-state index contributed by atoms with van der Waals surface area (Å²) in [6.45, 7) is 5.03. The van der Waals surface area contributed by atoms with Crippen LogP contribution in [0.2, 0.25) is 0 Å². The molecule has 5 heteroatoms. The van der Waals surface area contributed by atoms with Crippen molar-refractivity contribution in [2.45, 2.75) is 69.5 Å². The molecular formula is C23H30N2O2S. The lowest BCUT2D eigenvalue weighted by Gasteiger charge is -2.42. The largest absolute Gasteiger partial charge is 0.396 e. The van der Waals surface area contributed by atoms with Crippen LogP contribution in [-0.4, -0.2) is 27.0 Å². The van der Waals surface area contributed by atoms with E-state index in [-0.39, 0.29) is 17.6 Å². The summed E-state index contributed by atoms with van der Waals surface area (Å²) in [5.41, 5.74) is 4.38. The number of aliphatic hydroxyl groups is 1. The predicted molar refractivity (Wildman–Crippen MR) is 115 cm³/mol. The molecule has 2 aliphatic rings. The highest BCUT2D eigenvalue weighted by Gasteiger charge is 2.43. The summed E-state index contributed by atoms with van der Waals surface area (Å²) < 4.78 is 1.88. The van der Waals surface area contributed by atoms with Crippen LogP contribution in [0.3, 0.4) is 0 Å². The van der Waals surface area contributed by atoms with Gasteiger partial charge in [-0.25, -0.2) is 4.98 Å². The minimum Gasteiger partial charge on any atom is -0.396 e. The molecule has 0 bridgehead atoms. The molecule has 1 N–H and O–H groups in total. The van der Waals surface area contributed by atoms with Crippen molar-refractivity contribution in [1.29, 1.82) is 0 Å². The Morgan fingerprint density at radius 2 is 1.96 bits per heavy atom. The van der Waals surface area contributed by atoms with E-state index in [1.54, 1.807) is 0 Å². The minimum absolute atomic E-state index is 0.0646. The quantitative estimate of drug-likeness (QED) is 0.599. The average molecular weight is 399 g/mol. The molecule has 1 aromatic carbocycles. The lowest BCUT2D eigenvalue weighted by molar-refractivity contribution is 0.281. The Kier molecular flexibility index (Phi) is 5.66. The van der Waals surface area contributed by atoms with Gasteiger partial charge in [-0.3, -0.25) is 9.36 Å². The summed E-state index contributed by atoms with van der Waals surface area (Å²) in [6, 6.07) is 8.46. The molecule has 2 aliphatic carbocycles. The summed E-state index contributed by atoms with van der Waals surface area (Å²) in [5, 5.41) is 10.1. The SMILES string of the molecule is CC(C)Cn1c(SCCO)nc2c(c1=O)C1(CCCCC1)Cc1ccccc1-2. The number of nitrogens with zero attached hydrogens (tertiary/aromatic N) is 2. The fourth-order valence-electron chi connectivity index (χ4n) is 4.99. The van der Waals surface area contributed by atoms with E-state index in [1.165, 1.54) is 36.6 Å². The fourth-order valence-corrected chi connectivity index (χ4v) is 5.74. The van der Waals surface area contributed by atoms with Crippen LogP contribution >= 0.6 is 11.8 Å². The minimum atomic E-state index is -0.0646. The van der Waals surface area contributed by atoms with Gasteiger partial charge in [0.05, 0.1) is 17.9 Å². The van der Waals surface area contributed by atoms with Gasteiger partial charge in [0.2, 0.25) is 0 Å². The molecule has 1 fully saturated rings. The molecule has 0 saturated heterocycles. The van der Waals surface area contributed by atoms with Crippen LogP contribution in [0.5, 0.6) is 0 Å². The third kappa shape index (κ3) is 3.43. The highest BCUT2D eigenvalue weighted by atomic mass is 32.2. The number of fused-ring (bicyclic) bond motifs is 4. The number of benzene rings is 1. The number of hydrogen-bond donors (Lipinski definition) is 1. The summed E-state index contributed by atoms with van der Waals surface area (Å²) in [5.74, 6) is 0.917. The second-order valence-electron chi connectivity index (χ2n) is 8.67. The van der Waals surface area contributed by atoms with E-state index in [0.717, 1.165) is 41.2 Å². The molecule has 0 atom stereocenters. The smallest absolute Gasteiger partial charge is 0.258 e. The first kappa shape index (κ1) is 19.7. The lowest BCUT2D eigenvalue weighted by atomic mass is 9.62. The summed E-state index contributed by atoms with van der Waals surface area (Å²) >= 11 is 1.49. The number of rotatable bonds is 5. The molecular weight excluding hydrogens is 368 g/mol. The molecule has 0 aliphatic heterocycles. The van der Waals surface area contributed by atoms with Crippen molar-refractivity contribution in [2.24, 2.45) is 5.92 Å². The van der Waals surface area contributed by atoms with Crippen LogP contribution in [0.25, 0.3) is 11.3 Å². The molecule has 4 nitrogen and oxygen atoms in total. The topological polar surface area (TPSA) is 55.1 Å². The Labute approximate surface area is 171 Å². The summed E-state index contributed by atoms with van der Waals surface area (Å²) in [6.07, 6.45) is 6.75. The van der Waals surface area contributed by atoms with Gasteiger partial charge in [0, 0.05) is 23.3 Å². The van der Waals surface area contributed by atoms with Crippen LogP contribution in [0.1, 0.15) is 57.1 Å². The van der Waals surface area contributed by atoms with E-state index >= 15 is 0 Å². The Balaban J connectivity index is 1.97. The van der Waals surface area contributed by atoms with Crippen molar-refractivity contribution in [3.05, 3.63) is 45.7 Å². The van der Waals surface area contributed by atoms with Crippen molar-refractivity contribution in [3.63, 3.8) is 0 Å². The molecule has 1 spiro atoms. The highest BCUT2D eigenvalue weighted by molar-refractivity contribution is 7.99. The molecule has 0 amide bonds. The second kappa shape index (κ2) is 8.03. The van der Waals surface area contributed by atoms with E-state index in [4.69, 9.17) is 4.98 Å². The van der Waals surface area contributed by atoms with E-state index in [2.05, 4.69) is 32.0 Å². The molecule has 0 radical (unpaired) electrons.